The fraction of sp³-hybridized carbons (Fsp3) is 0.519. The van der Waals surface area contributed by atoms with E-state index >= 15 is 0 Å². The second-order valence-electron chi connectivity index (χ2n) is 9.31. The second kappa shape index (κ2) is 12.1. The molecule has 0 aromatic heterocycles. The highest BCUT2D eigenvalue weighted by Crippen LogP contribution is 2.18. The molecule has 2 heterocycles. The van der Waals surface area contributed by atoms with Gasteiger partial charge in [-0.15, -0.1) is 0 Å². The maximum absolute atomic E-state index is 12.2. The average molecular weight is 451 g/mol. The number of piperidine rings is 1. The van der Waals surface area contributed by atoms with E-state index in [2.05, 4.69) is 62.5 Å². The number of nitrogens with one attached hydrogen (secondary N) is 1. The molecular weight excluding hydrogens is 412 g/mol. The van der Waals surface area contributed by atoms with E-state index in [0.29, 0.717) is 13.1 Å². The molecule has 0 spiro atoms. The first-order valence-corrected chi connectivity index (χ1v) is 12.4. The van der Waals surface area contributed by atoms with E-state index in [4.69, 9.17) is 4.74 Å². The Bertz CT molecular complexity index is 844. The smallest absolute Gasteiger partial charge is 0.234 e. The summed E-state index contributed by atoms with van der Waals surface area (Å²) in [6, 6.07) is 19.1. The molecule has 2 aromatic rings. The van der Waals surface area contributed by atoms with Crippen LogP contribution < -0.4 is 15.0 Å². The molecule has 6 nitrogen and oxygen atoms in total. The van der Waals surface area contributed by atoms with Gasteiger partial charge in [-0.2, -0.15) is 0 Å². The van der Waals surface area contributed by atoms with E-state index in [1.165, 1.54) is 30.5 Å². The molecule has 2 aromatic carbocycles. The lowest BCUT2D eigenvalue weighted by Gasteiger charge is -2.36. The third-order valence-electron chi connectivity index (χ3n) is 6.56. The molecule has 4 rings (SSSR count). The molecule has 0 unspecified atom stereocenters. The summed E-state index contributed by atoms with van der Waals surface area (Å²) in [5.41, 5.74) is 2.62. The fourth-order valence-electron chi connectivity index (χ4n) is 4.64. The van der Waals surface area contributed by atoms with Gasteiger partial charge >= 0.3 is 0 Å². The molecule has 2 fully saturated rings. The highest BCUT2D eigenvalue weighted by molar-refractivity contribution is 5.78. The predicted octanol–water partition coefficient (Wildman–Crippen LogP) is 3.38. The number of para-hydroxylation sites is 1. The van der Waals surface area contributed by atoms with Gasteiger partial charge in [-0.1, -0.05) is 36.8 Å². The largest absolute Gasteiger partial charge is 0.489 e. The number of hydrogen-bond donors (Lipinski definition) is 1. The van der Waals surface area contributed by atoms with Crippen molar-refractivity contribution in [2.45, 2.75) is 38.8 Å². The maximum atomic E-state index is 12.2. The number of amides is 1. The van der Waals surface area contributed by atoms with Crippen LogP contribution in [0.15, 0.2) is 54.6 Å². The third-order valence-corrected chi connectivity index (χ3v) is 6.56. The molecule has 1 N–H and O–H groups in total. The van der Waals surface area contributed by atoms with Crippen LogP contribution in [-0.4, -0.2) is 74.2 Å². The number of benzene rings is 2. The van der Waals surface area contributed by atoms with Crippen LogP contribution in [0.25, 0.3) is 0 Å². The molecule has 2 saturated heterocycles. The molecule has 2 aliphatic rings. The van der Waals surface area contributed by atoms with Crippen LogP contribution in [-0.2, 0) is 11.3 Å². The highest BCUT2D eigenvalue weighted by Gasteiger charge is 2.17. The number of carbonyl (C=O) groups is 1. The summed E-state index contributed by atoms with van der Waals surface area (Å²) < 4.78 is 6.01. The van der Waals surface area contributed by atoms with Crippen molar-refractivity contribution >= 4 is 11.6 Å². The summed E-state index contributed by atoms with van der Waals surface area (Å²) in [6.45, 7) is 10.3. The van der Waals surface area contributed by atoms with Crippen molar-refractivity contribution in [3.05, 3.63) is 60.2 Å². The summed E-state index contributed by atoms with van der Waals surface area (Å²) in [7, 11) is 0. The Labute approximate surface area is 198 Å². The van der Waals surface area contributed by atoms with Crippen molar-refractivity contribution in [1.82, 2.24) is 15.1 Å². The van der Waals surface area contributed by atoms with E-state index in [1.54, 1.807) is 0 Å². The number of ether oxygens (including phenoxy) is 1. The van der Waals surface area contributed by atoms with Gasteiger partial charge in [0, 0.05) is 38.4 Å². The zero-order valence-corrected chi connectivity index (χ0v) is 19.9. The van der Waals surface area contributed by atoms with Crippen LogP contribution in [0.4, 0.5) is 5.69 Å². The van der Waals surface area contributed by atoms with Gasteiger partial charge in [0.05, 0.1) is 13.1 Å². The standard InChI is InChI=1S/C27H38N4O2/c1-23(20-28-27(32)22-29-14-6-3-7-15-29)33-26-12-10-24(11-13-26)21-30-16-18-31(19-17-30)25-8-4-2-5-9-25/h2,4-5,8-13,23H,3,6-7,14-22H2,1H3,(H,28,32)/t23-/m1/s1. The van der Waals surface area contributed by atoms with Crippen LogP contribution in [0, 0.1) is 0 Å². The SMILES string of the molecule is C[C@H](CNC(=O)CN1CCCCC1)Oc1ccc(CN2CCN(c3ccccc3)CC2)cc1. The van der Waals surface area contributed by atoms with Gasteiger partial charge in [-0.05, 0) is 62.7 Å². The molecule has 0 bridgehead atoms. The van der Waals surface area contributed by atoms with Gasteiger partial charge in [-0.25, -0.2) is 0 Å². The molecular formula is C27H38N4O2. The van der Waals surface area contributed by atoms with Crippen molar-refractivity contribution in [2.75, 3.05) is 57.3 Å². The predicted molar refractivity (Wildman–Crippen MR) is 134 cm³/mol. The van der Waals surface area contributed by atoms with Crippen molar-refractivity contribution < 1.29 is 9.53 Å². The topological polar surface area (TPSA) is 48.1 Å². The van der Waals surface area contributed by atoms with Crippen molar-refractivity contribution in [2.24, 2.45) is 0 Å². The van der Waals surface area contributed by atoms with Crippen LogP contribution in [0.5, 0.6) is 5.75 Å². The van der Waals surface area contributed by atoms with Gasteiger partial charge in [0.1, 0.15) is 11.9 Å². The highest BCUT2D eigenvalue weighted by atomic mass is 16.5. The summed E-state index contributed by atoms with van der Waals surface area (Å²) in [4.78, 5) is 19.4. The monoisotopic (exact) mass is 450 g/mol. The first-order chi connectivity index (χ1) is 16.2. The second-order valence-corrected chi connectivity index (χ2v) is 9.31. The zero-order valence-electron chi connectivity index (χ0n) is 19.9. The van der Waals surface area contributed by atoms with Gasteiger partial charge < -0.3 is 15.0 Å². The number of piperazine rings is 1. The van der Waals surface area contributed by atoms with Gasteiger partial charge in [0.25, 0.3) is 0 Å². The lowest BCUT2D eigenvalue weighted by Crippen LogP contribution is -2.45. The minimum absolute atomic E-state index is 0.0628. The van der Waals surface area contributed by atoms with Crippen LogP contribution in [0.1, 0.15) is 31.7 Å². The number of carbonyl (C=O) groups excluding carboxylic acids is 1. The van der Waals surface area contributed by atoms with Crippen LogP contribution >= 0.6 is 0 Å². The minimum Gasteiger partial charge on any atom is -0.489 e. The lowest BCUT2D eigenvalue weighted by molar-refractivity contribution is -0.122. The molecule has 178 valence electrons. The van der Waals surface area contributed by atoms with Crippen LogP contribution in [0.3, 0.4) is 0 Å². The molecule has 6 heteroatoms. The number of nitrogens with zero attached hydrogens (tertiary/aromatic N) is 3. The maximum Gasteiger partial charge on any atom is 0.234 e. The van der Waals surface area contributed by atoms with E-state index in [-0.39, 0.29) is 12.0 Å². The van der Waals surface area contributed by atoms with E-state index in [1.807, 2.05) is 19.1 Å². The zero-order chi connectivity index (χ0) is 22.9. The number of anilines is 1. The fourth-order valence-corrected chi connectivity index (χ4v) is 4.64. The van der Waals surface area contributed by atoms with Gasteiger partial charge in [-0.3, -0.25) is 14.6 Å². The molecule has 33 heavy (non-hydrogen) atoms. The Hall–Kier alpha value is -2.57. The molecule has 0 radical (unpaired) electrons. The van der Waals surface area contributed by atoms with Crippen molar-refractivity contribution in [3.63, 3.8) is 0 Å². The Morgan fingerprint density at radius 1 is 0.879 bits per heavy atom. The summed E-state index contributed by atoms with van der Waals surface area (Å²) in [5, 5.41) is 3.01. The molecule has 2 aliphatic heterocycles. The molecule has 0 aliphatic carbocycles. The average Bonchev–Trinajstić information content (AvgIpc) is 2.86. The summed E-state index contributed by atoms with van der Waals surface area (Å²) >= 11 is 0. The van der Waals surface area contributed by atoms with Gasteiger partial charge in [0.15, 0.2) is 0 Å². The first-order valence-electron chi connectivity index (χ1n) is 12.4. The van der Waals surface area contributed by atoms with Crippen molar-refractivity contribution in [3.8, 4) is 5.75 Å². The molecule has 1 atom stereocenters. The number of likely N-dealkylation sites (tertiary alicyclic amines) is 1. The molecule has 1 amide bonds. The Kier molecular flexibility index (Phi) is 8.61. The summed E-state index contributed by atoms with van der Waals surface area (Å²) in [5.74, 6) is 0.945. The number of hydrogen-bond acceptors (Lipinski definition) is 5. The van der Waals surface area contributed by atoms with Gasteiger partial charge in [0.2, 0.25) is 5.91 Å². The first kappa shape index (κ1) is 23.6. The summed E-state index contributed by atoms with van der Waals surface area (Å²) in [6.07, 6.45) is 3.62. The Morgan fingerprint density at radius 2 is 1.58 bits per heavy atom. The Balaban J connectivity index is 1.15. The van der Waals surface area contributed by atoms with E-state index < -0.39 is 0 Å². The molecule has 0 saturated carbocycles. The Morgan fingerprint density at radius 3 is 2.27 bits per heavy atom. The lowest BCUT2D eigenvalue weighted by atomic mass is 10.1. The third kappa shape index (κ3) is 7.47. The van der Waals surface area contributed by atoms with Crippen LogP contribution in [0.2, 0.25) is 0 Å². The van der Waals surface area contributed by atoms with E-state index in [0.717, 1.165) is 51.6 Å². The van der Waals surface area contributed by atoms with E-state index in [9.17, 15) is 4.79 Å². The van der Waals surface area contributed by atoms with Crippen molar-refractivity contribution in [1.29, 1.82) is 0 Å². The minimum atomic E-state index is -0.0628. The quantitative estimate of drug-likeness (QED) is 0.635. The number of rotatable bonds is 9. The normalized spacial score (nSPS) is 18.6.